The summed E-state index contributed by atoms with van der Waals surface area (Å²) < 4.78 is 0. The zero-order valence-corrected chi connectivity index (χ0v) is 15.4. The van der Waals surface area contributed by atoms with Crippen LogP contribution in [0.25, 0.3) is 0 Å². The first-order chi connectivity index (χ1) is 11.9. The Labute approximate surface area is 150 Å². The molecule has 138 valence electrons. The molecule has 8 nitrogen and oxygen atoms in total. The summed E-state index contributed by atoms with van der Waals surface area (Å²) >= 11 is 0.878. The van der Waals surface area contributed by atoms with Gasteiger partial charge in [-0.2, -0.15) is 0 Å². The second-order valence-electron chi connectivity index (χ2n) is 6.17. The number of hydrogen-bond donors (Lipinski definition) is 1. The van der Waals surface area contributed by atoms with Gasteiger partial charge in [-0.3, -0.25) is 19.7 Å². The lowest BCUT2D eigenvalue weighted by atomic mass is 9.81. The molecule has 2 heterocycles. The molecule has 2 N–H and O–H groups in total. The van der Waals surface area contributed by atoms with E-state index in [-0.39, 0.29) is 16.8 Å². The molecule has 0 atom stereocenters. The van der Waals surface area contributed by atoms with Crippen LogP contribution in [0.15, 0.2) is 12.1 Å². The Morgan fingerprint density at radius 2 is 1.76 bits per heavy atom. The van der Waals surface area contributed by atoms with E-state index < -0.39 is 10.3 Å². The molecule has 25 heavy (non-hydrogen) atoms. The Balaban J connectivity index is 2.00. The van der Waals surface area contributed by atoms with Crippen LogP contribution in [0.2, 0.25) is 0 Å². The molecule has 0 aromatic carbocycles. The average Bonchev–Trinajstić information content (AvgIpc) is 3.13. The van der Waals surface area contributed by atoms with Crippen molar-refractivity contribution in [2.45, 2.75) is 26.7 Å². The van der Waals surface area contributed by atoms with Crippen LogP contribution in [-0.2, 0) is 4.79 Å². The first-order valence-electron chi connectivity index (χ1n) is 8.41. The van der Waals surface area contributed by atoms with Gasteiger partial charge in [0.25, 0.3) is 5.91 Å². The maximum Gasteiger partial charge on any atom is 0.324 e. The van der Waals surface area contributed by atoms with E-state index >= 15 is 0 Å². The quantitative estimate of drug-likeness (QED) is 0.607. The van der Waals surface area contributed by atoms with E-state index in [9.17, 15) is 19.7 Å². The summed E-state index contributed by atoms with van der Waals surface area (Å²) in [5, 5.41) is 10.7. The first kappa shape index (κ1) is 19.3. The van der Waals surface area contributed by atoms with E-state index in [4.69, 9.17) is 5.73 Å². The Morgan fingerprint density at radius 3 is 2.20 bits per heavy atom. The van der Waals surface area contributed by atoms with Crippen molar-refractivity contribution in [1.29, 1.82) is 0 Å². The Hall–Kier alpha value is -2.00. The monoisotopic (exact) mass is 368 g/mol. The van der Waals surface area contributed by atoms with E-state index in [1.807, 2.05) is 13.8 Å². The summed E-state index contributed by atoms with van der Waals surface area (Å²) in [6.45, 7) is 6.01. The third kappa shape index (κ3) is 3.82. The lowest BCUT2D eigenvalue weighted by Crippen LogP contribution is -2.55. The van der Waals surface area contributed by atoms with Crippen LogP contribution < -0.4 is 5.73 Å². The molecule has 2 amide bonds. The summed E-state index contributed by atoms with van der Waals surface area (Å²) in [4.78, 5) is 39.3. The maximum absolute atomic E-state index is 12.8. The number of nitrogens with two attached hydrogens (primary N) is 1. The van der Waals surface area contributed by atoms with Gasteiger partial charge in [-0.15, -0.1) is 0 Å². The van der Waals surface area contributed by atoms with Crippen LogP contribution in [0.4, 0.5) is 5.00 Å². The normalized spacial score (nSPS) is 15.3. The number of carbonyl (C=O) groups excluding carboxylic acids is 2. The number of amides is 2. The van der Waals surface area contributed by atoms with Crippen molar-refractivity contribution in [3.05, 3.63) is 27.1 Å². The average molecular weight is 368 g/mol. The molecule has 0 saturated carbocycles. The largest absolute Gasteiger partial charge is 0.339 e. The van der Waals surface area contributed by atoms with Crippen molar-refractivity contribution in [3.8, 4) is 0 Å². The molecule has 1 aliphatic rings. The molecule has 0 bridgehead atoms. The van der Waals surface area contributed by atoms with Crippen molar-refractivity contribution in [3.63, 3.8) is 0 Å². The molecule has 1 aliphatic heterocycles. The van der Waals surface area contributed by atoms with Crippen molar-refractivity contribution in [2.24, 2.45) is 11.1 Å². The summed E-state index contributed by atoms with van der Waals surface area (Å²) in [5.41, 5.74) is 5.32. The van der Waals surface area contributed by atoms with Gasteiger partial charge in [-0.05, 0) is 18.9 Å². The van der Waals surface area contributed by atoms with Crippen LogP contribution in [0.1, 0.15) is 36.4 Å². The van der Waals surface area contributed by atoms with Crippen LogP contribution in [0.5, 0.6) is 0 Å². The lowest BCUT2D eigenvalue weighted by Gasteiger charge is -2.40. The second-order valence-corrected chi connectivity index (χ2v) is 7.23. The maximum atomic E-state index is 12.8. The van der Waals surface area contributed by atoms with Gasteiger partial charge in [0.05, 0.1) is 15.2 Å². The van der Waals surface area contributed by atoms with Crippen LogP contribution >= 0.6 is 11.3 Å². The van der Waals surface area contributed by atoms with Crippen molar-refractivity contribution in [1.82, 2.24) is 9.80 Å². The van der Waals surface area contributed by atoms with Gasteiger partial charge < -0.3 is 15.5 Å². The van der Waals surface area contributed by atoms with E-state index in [0.29, 0.717) is 50.4 Å². The third-order valence-electron chi connectivity index (χ3n) is 5.03. The van der Waals surface area contributed by atoms with E-state index in [1.165, 1.54) is 12.1 Å². The number of rotatable bonds is 6. The topological polar surface area (TPSA) is 110 Å². The number of thiophene rings is 1. The predicted molar refractivity (Wildman–Crippen MR) is 95.5 cm³/mol. The molecular formula is C16H24N4O4S. The standard InChI is InChI=1S/C16H24N4O4S/c1-3-16(4-2,11-17)15(22)19-9-7-18(8-10-19)14(21)12-5-6-13(25-12)20(23)24/h5-6H,3-4,7-11,17H2,1-2H3. The molecule has 0 aliphatic carbocycles. The van der Waals surface area contributed by atoms with Gasteiger partial charge in [0.2, 0.25) is 5.91 Å². The molecule has 9 heteroatoms. The summed E-state index contributed by atoms with van der Waals surface area (Å²) in [7, 11) is 0. The third-order valence-corrected chi connectivity index (χ3v) is 6.06. The van der Waals surface area contributed by atoms with Gasteiger partial charge in [0.1, 0.15) is 0 Å². The first-order valence-corrected chi connectivity index (χ1v) is 9.23. The predicted octanol–water partition coefficient (Wildman–Crippen LogP) is 1.71. The zero-order valence-electron chi connectivity index (χ0n) is 14.6. The summed E-state index contributed by atoms with van der Waals surface area (Å²) in [6, 6.07) is 2.83. The van der Waals surface area contributed by atoms with E-state index in [0.717, 1.165) is 11.3 Å². The highest BCUT2D eigenvalue weighted by atomic mass is 32.1. The van der Waals surface area contributed by atoms with E-state index in [1.54, 1.807) is 9.80 Å². The number of piperazine rings is 1. The Bertz CT molecular complexity index is 640. The molecule has 1 saturated heterocycles. The van der Waals surface area contributed by atoms with Crippen LogP contribution in [0.3, 0.4) is 0 Å². The van der Waals surface area contributed by atoms with Gasteiger partial charge in [0.15, 0.2) is 0 Å². The van der Waals surface area contributed by atoms with Gasteiger partial charge >= 0.3 is 5.00 Å². The highest BCUT2D eigenvalue weighted by molar-refractivity contribution is 7.17. The number of carbonyl (C=O) groups is 2. The van der Waals surface area contributed by atoms with E-state index in [2.05, 4.69) is 0 Å². The second kappa shape index (κ2) is 7.92. The number of hydrogen-bond acceptors (Lipinski definition) is 6. The molecule has 0 spiro atoms. The van der Waals surface area contributed by atoms with Crippen LogP contribution in [0, 0.1) is 15.5 Å². The van der Waals surface area contributed by atoms with Crippen molar-refractivity contribution < 1.29 is 14.5 Å². The number of nitrogens with zero attached hydrogens (tertiary/aromatic N) is 3. The molecule has 1 aromatic heterocycles. The molecule has 1 aromatic rings. The molecule has 0 unspecified atom stereocenters. The fourth-order valence-corrected chi connectivity index (χ4v) is 3.86. The Morgan fingerprint density at radius 1 is 1.20 bits per heavy atom. The molecule has 2 rings (SSSR count). The SMILES string of the molecule is CCC(CC)(CN)C(=O)N1CCN(C(=O)c2ccc([N+](=O)[O-])s2)CC1. The van der Waals surface area contributed by atoms with Crippen molar-refractivity contribution in [2.75, 3.05) is 32.7 Å². The Kier molecular flexibility index (Phi) is 6.12. The fourth-order valence-electron chi connectivity index (χ4n) is 3.07. The van der Waals surface area contributed by atoms with Gasteiger partial charge in [-0.1, -0.05) is 25.2 Å². The molecule has 0 radical (unpaired) electrons. The lowest BCUT2D eigenvalue weighted by molar-refractivity contribution is -0.380. The highest BCUT2D eigenvalue weighted by Gasteiger charge is 2.38. The van der Waals surface area contributed by atoms with Crippen LogP contribution in [-0.4, -0.2) is 59.3 Å². The fraction of sp³-hybridized carbons (Fsp3) is 0.625. The summed E-state index contributed by atoms with van der Waals surface area (Å²) in [5.74, 6) is -0.167. The molecule has 1 fully saturated rings. The number of nitro groups is 1. The minimum atomic E-state index is -0.527. The molecular weight excluding hydrogens is 344 g/mol. The van der Waals surface area contributed by atoms with Gasteiger partial charge in [-0.25, -0.2) is 0 Å². The minimum Gasteiger partial charge on any atom is -0.339 e. The smallest absolute Gasteiger partial charge is 0.324 e. The highest BCUT2D eigenvalue weighted by Crippen LogP contribution is 2.29. The van der Waals surface area contributed by atoms with Crippen molar-refractivity contribution >= 4 is 28.2 Å². The minimum absolute atomic E-state index is 0.0456. The summed E-state index contributed by atoms with van der Waals surface area (Å²) in [6.07, 6.45) is 1.38. The zero-order chi connectivity index (χ0) is 18.6. The van der Waals surface area contributed by atoms with Gasteiger partial charge in [0, 0.05) is 38.8 Å².